The number of aliphatic hydroxyl groups excluding tert-OH is 2. The van der Waals surface area contributed by atoms with Crippen molar-refractivity contribution in [2.24, 2.45) is 0 Å². The molecule has 0 aromatic heterocycles. The Bertz CT molecular complexity index is 706. The van der Waals surface area contributed by atoms with Crippen molar-refractivity contribution in [2.75, 3.05) is 30.5 Å². The summed E-state index contributed by atoms with van der Waals surface area (Å²) in [5.74, 6) is 1.34. The van der Waals surface area contributed by atoms with Crippen LogP contribution < -0.4 is 0 Å². The standard InChI is InChI=1S/C13H17O4S2.F6P/c1-9-2-3-10(13-12(9)19(13)17)11(16)8-18(6-4-14)7-5-15;1-7(2,3,4,5)6/h2-3,14-15H,4-8H2,1H3;/q+1;-1. The van der Waals surface area contributed by atoms with Crippen molar-refractivity contribution in [1.82, 2.24) is 0 Å². The van der Waals surface area contributed by atoms with Gasteiger partial charge in [-0.15, -0.1) is 0 Å². The first-order chi connectivity index (χ1) is 11.5. The molecule has 0 spiro atoms. The van der Waals surface area contributed by atoms with Gasteiger partial charge in [0, 0.05) is 16.5 Å². The van der Waals surface area contributed by atoms with Crippen LogP contribution in [-0.4, -0.2) is 50.7 Å². The van der Waals surface area contributed by atoms with Gasteiger partial charge in [0.05, 0.1) is 33.8 Å². The van der Waals surface area contributed by atoms with E-state index in [1.54, 1.807) is 6.07 Å². The molecule has 1 aromatic carbocycles. The Morgan fingerprint density at radius 2 is 1.50 bits per heavy atom. The second-order valence-electron chi connectivity index (χ2n) is 5.35. The fourth-order valence-corrected chi connectivity index (χ4v) is 4.95. The third-order valence-corrected chi connectivity index (χ3v) is 6.71. The van der Waals surface area contributed by atoms with E-state index in [0.717, 1.165) is 10.5 Å². The summed E-state index contributed by atoms with van der Waals surface area (Å²) in [5, 5.41) is 17.9. The number of carbonyl (C=O) groups is 1. The first-order valence-corrected chi connectivity index (χ1v) is 12.0. The molecule has 0 amide bonds. The topological polar surface area (TPSA) is 74.6 Å². The summed E-state index contributed by atoms with van der Waals surface area (Å²) < 4.78 is 70.9. The number of Topliss-reactive ketones (excluding diaryl/α,β-unsaturated/α-hetero) is 1. The first kappa shape index (κ1) is 23.4. The van der Waals surface area contributed by atoms with Crippen LogP contribution in [0.15, 0.2) is 21.9 Å². The van der Waals surface area contributed by atoms with E-state index in [4.69, 9.17) is 10.2 Å². The molecule has 0 fully saturated rings. The molecule has 0 aliphatic carbocycles. The first-order valence-electron chi connectivity index (χ1n) is 7.06. The Hall–Kier alpha value is -0.680. The number of carbonyl (C=O) groups excluding carboxylic acids is 1. The van der Waals surface area contributed by atoms with Crippen LogP contribution in [0.1, 0.15) is 15.9 Å². The molecule has 4 nitrogen and oxygen atoms in total. The molecule has 13 heteroatoms. The zero-order valence-electron chi connectivity index (χ0n) is 13.4. The van der Waals surface area contributed by atoms with E-state index in [2.05, 4.69) is 0 Å². The van der Waals surface area contributed by atoms with Crippen molar-refractivity contribution in [2.45, 2.75) is 16.7 Å². The maximum absolute atomic E-state index is 12.2. The van der Waals surface area contributed by atoms with Crippen molar-refractivity contribution < 1.29 is 44.4 Å². The number of benzene rings is 1. The summed E-state index contributed by atoms with van der Waals surface area (Å²) in [4.78, 5) is 13.7. The zero-order chi connectivity index (χ0) is 20.4. The molecule has 1 aliphatic heterocycles. The summed E-state index contributed by atoms with van der Waals surface area (Å²) in [6.07, 6.45) is 0. The third kappa shape index (κ3) is 8.81. The summed E-state index contributed by atoms with van der Waals surface area (Å²) in [7, 11) is -12.1. The number of aryl methyl sites for hydroxylation is 1. The van der Waals surface area contributed by atoms with Gasteiger partial charge >= 0.3 is 33.0 Å². The Morgan fingerprint density at radius 3 is 1.92 bits per heavy atom. The number of halogens is 6. The van der Waals surface area contributed by atoms with Gasteiger partial charge in [0.15, 0.2) is 5.75 Å². The van der Waals surface area contributed by atoms with Crippen molar-refractivity contribution in [1.29, 1.82) is 0 Å². The maximum atomic E-state index is 12.2. The molecule has 152 valence electrons. The van der Waals surface area contributed by atoms with Crippen LogP contribution in [0.4, 0.5) is 25.2 Å². The summed E-state index contributed by atoms with van der Waals surface area (Å²) in [6, 6.07) is 3.56. The van der Waals surface area contributed by atoms with Crippen molar-refractivity contribution in [3.63, 3.8) is 0 Å². The molecule has 2 N–H and O–H groups in total. The van der Waals surface area contributed by atoms with Gasteiger partial charge in [0.1, 0.15) is 11.5 Å². The molecule has 0 saturated heterocycles. The molecule has 1 aromatic rings. The van der Waals surface area contributed by atoms with E-state index in [0.29, 0.717) is 27.7 Å². The van der Waals surface area contributed by atoms with E-state index >= 15 is 0 Å². The van der Waals surface area contributed by atoms with Crippen LogP contribution in [0.2, 0.25) is 0 Å². The fraction of sp³-hybridized carbons (Fsp3) is 0.462. The van der Waals surface area contributed by atoms with Crippen LogP contribution in [-0.2, 0) is 21.7 Å². The molecule has 0 radical (unpaired) electrons. The van der Waals surface area contributed by atoms with E-state index in [1.807, 2.05) is 13.0 Å². The second-order valence-corrected chi connectivity index (χ2v) is 11.0. The average Bonchev–Trinajstić information content (AvgIpc) is 3.09. The van der Waals surface area contributed by atoms with Crippen molar-refractivity contribution >= 4 is 35.3 Å². The van der Waals surface area contributed by atoms with Crippen LogP contribution in [0, 0.1) is 6.92 Å². The van der Waals surface area contributed by atoms with Crippen LogP contribution in [0.3, 0.4) is 0 Å². The van der Waals surface area contributed by atoms with Gasteiger partial charge in [-0.25, -0.2) is 4.21 Å². The molecule has 26 heavy (non-hydrogen) atoms. The van der Waals surface area contributed by atoms with E-state index in [-0.39, 0.29) is 29.9 Å². The number of ketones is 1. The van der Waals surface area contributed by atoms with Gasteiger partial charge in [-0.3, -0.25) is 4.79 Å². The van der Waals surface area contributed by atoms with Gasteiger partial charge < -0.3 is 10.2 Å². The number of rotatable bonds is 7. The molecule has 1 atom stereocenters. The minimum atomic E-state index is -10.7. The van der Waals surface area contributed by atoms with Gasteiger partial charge in [0.25, 0.3) is 0 Å². The molecule has 0 bridgehead atoms. The monoisotopic (exact) mass is 446 g/mol. The molecular formula is C13H17F6O4PS2. The number of fused-ring (bicyclic) bond motifs is 1. The Morgan fingerprint density at radius 1 is 1.04 bits per heavy atom. The van der Waals surface area contributed by atoms with Gasteiger partial charge in [-0.1, -0.05) is 6.07 Å². The van der Waals surface area contributed by atoms with Gasteiger partial charge in [-0.05, 0) is 18.6 Å². The van der Waals surface area contributed by atoms with Gasteiger partial charge in [-0.2, -0.15) is 0 Å². The molecular weight excluding hydrogens is 429 g/mol. The Labute approximate surface area is 150 Å². The Kier molecular flexibility index (Phi) is 6.63. The van der Waals surface area contributed by atoms with Crippen LogP contribution in [0.25, 0.3) is 0 Å². The predicted octanol–water partition coefficient (Wildman–Crippen LogP) is 3.64. The van der Waals surface area contributed by atoms with Crippen molar-refractivity contribution in [3.05, 3.63) is 23.3 Å². The normalized spacial score (nSPS) is 18.3. The van der Waals surface area contributed by atoms with E-state index in [1.165, 1.54) is 0 Å². The summed E-state index contributed by atoms with van der Waals surface area (Å²) in [5.41, 5.74) is 1.52. The quantitative estimate of drug-likeness (QED) is 0.224. The van der Waals surface area contributed by atoms with Crippen LogP contribution in [0.5, 0.6) is 0 Å². The molecule has 0 saturated carbocycles. The van der Waals surface area contributed by atoms with E-state index in [9.17, 15) is 34.2 Å². The number of hydrogen-bond donors (Lipinski definition) is 2. The summed E-state index contributed by atoms with van der Waals surface area (Å²) in [6.45, 7) is 1.93. The molecule has 1 heterocycles. The third-order valence-electron chi connectivity index (χ3n) is 3.03. The second kappa shape index (κ2) is 7.38. The van der Waals surface area contributed by atoms with Gasteiger partial charge in [0.2, 0.25) is 5.78 Å². The fourth-order valence-electron chi connectivity index (χ4n) is 2.03. The zero-order valence-corrected chi connectivity index (χ0v) is 16.0. The Balaban J connectivity index is 0.000000412. The van der Waals surface area contributed by atoms with Crippen LogP contribution >= 0.6 is 7.81 Å². The molecule has 1 aliphatic rings. The predicted molar refractivity (Wildman–Crippen MR) is 89.9 cm³/mol. The molecule has 2 rings (SSSR count). The SMILES string of the molecule is Cc1ccc(C(=O)C[S+](CCO)CCO)c2c1S2=O.F[P-](F)(F)(F)(F)F. The van der Waals surface area contributed by atoms with E-state index < -0.39 is 18.6 Å². The van der Waals surface area contributed by atoms with Crippen molar-refractivity contribution in [3.8, 4) is 0 Å². The minimum absolute atomic E-state index is 0.0221. The number of aliphatic hydroxyl groups is 2. The summed E-state index contributed by atoms with van der Waals surface area (Å²) >= 11 is 0. The molecule has 1 unspecified atom stereocenters. The number of hydrogen-bond acceptors (Lipinski definition) is 4. The average molecular weight is 446 g/mol.